The van der Waals surface area contributed by atoms with Crippen LogP contribution >= 0.6 is 11.8 Å². The van der Waals surface area contributed by atoms with Crippen molar-refractivity contribution in [2.75, 3.05) is 5.84 Å². The average molecular weight is 476 g/mol. The lowest BCUT2D eigenvalue weighted by molar-refractivity contribution is -0.137. The van der Waals surface area contributed by atoms with Crippen molar-refractivity contribution in [2.45, 2.75) is 37.5 Å². The Kier molecular flexibility index (Phi) is 6.27. The molecule has 0 saturated heterocycles. The molecule has 0 amide bonds. The lowest BCUT2D eigenvalue weighted by Crippen LogP contribution is -2.15. The van der Waals surface area contributed by atoms with E-state index >= 15 is 0 Å². The van der Waals surface area contributed by atoms with Crippen LogP contribution in [0.4, 0.5) is 13.2 Å². The summed E-state index contributed by atoms with van der Waals surface area (Å²) in [6.07, 6.45) is -4.40. The zero-order valence-electron chi connectivity index (χ0n) is 17.6. The number of halogens is 3. The molecule has 0 spiro atoms. The van der Waals surface area contributed by atoms with Gasteiger partial charge in [-0.3, -0.25) is 0 Å². The van der Waals surface area contributed by atoms with Crippen molar-refractivity contribution in [3.05, 3.63) is 70.9 Å². The van der Waals surface area contributed by atoms with E-state index in [2.05, 4.69) is 20.3 Å². The smallest absolute Gasteiger partial charge is 0.416 e. The van der Waals surface area contributed by atoms with Gasteiger partial charge in [-0.2, -0.15) is 18.2 Å². The lowest BCUT2D eigenvalue weighted by atomic mass is 10.1. The summed E-state index contributed by atoms with van der Waals surface area (Å²) in [5, 5.41) is 12.3. The van der Waals surface area contributed by atoms with Crippen LogP contribution in [0.15, 0.2) is 52.1 Å². The fraction of sp³-hybridized carbons (Fsp3) is 0.238. The van der Waals surface area contributed by atoms with Gasteiger partial charge in [0.2, 0.25) is 16.9 Å². The van der Waals surface area contributed by atoms with Crippen LogP contribution in [-0.4, -0.2) is 25.0 Å². The molecule has 0 aliphatic rings. The second-order valence-corrected chi connectivity index (χ2v) is 8.20. The third kappa shape index (κ3) is 5.45. The molecular formula is C21H19F3N6O2S. The van der Waals surface area contributed by atoms with Crippen molar-refractivity contribution in [1.29, 1.82) is 0 Å². The first-order valence-corrected chi connectivity index (χ1v) is 10.7. The Hall–Kier alpha value is -3.54. The quantitative estimate of drug-likeness (QED) is 0.306. The maximum atomic E-state index is 12.7. The van der Waals surface area contributed by atoms with Gasteiger partial charge in [0.25, 0.3) is 0 Å². The average Bonchev–Trinajstić information content (AvgIpc) is 3.36. The van der Waals surface area contributed by atoms with Crippen LogP contribution in [-0.2, 0) is 18.5 Å². The molecule has 2 heterocycles. The van der Waals surface area contributed by atoms with E-state index in [1.807, 2.05) is 32.0 Å². The Bertz CT molecular complexity index is 1230. The van der Waals surface area contributed by atoms with Crippen LogP contribution < -0.4 is 10.6 Å². The van der Waals surface area contributed by atoms with Crippen molar-refractivity contribution in [3.8, 4) is 17.1 Å². The maximum Gasteiger partial charge on any atom is 0.416 e. The first-order chi connectivity index (χ1) is 15.7. The summed E-state index contributed by atoms with van der Waals surface area (Å²) < 4.78 is 50.4. The number of thioether (sulfide) groups is 1. The van der Waals surface area contributed by atoms with Crippen molar-refractivity contribution in [2.24, 2.45) is 0 Å². The van der Waals surface area contributed by atoms with Gasteiger partial charge in [-0.05, 0) is 49.2 Å². The predicted octanol–water partition coefficient (Wildman–Crippen LogP) is 4.55. The number of rotatable bonds is 7. The number of hydrogen-bond donors (Lipinski definition) is 1. The Morgan fingerprint density at radius 2 is 1.76 bits per heavy atom. The molecule has 0 bridgehead atoms. The summed E-state index contributed by atoms with van der Waals surface area (Å²) in [5.74, 6) is 7.93. The Morgan fingerprint density at radius 1 is 1.06 bits per heavy atom. The van der Waals surface area contributed by atoms with Gasteiger partial charge < -0.3 is 15.1 Å². The third-order valence-corrected chi connectivity index (χ3v) is 5.49. The highest BCUT2D eigenvalue weighted by Gasteiger charge is 2.30. The molecule has 0 atom stereocenters. The molecule has 0 radical (unpaired) electrons. The van der Waals surface area contributed by atoms with E-state index in [0.717, 1.165) is 23.3 Å². The Morgan fingerprint density at radius 3 is 2.42 bits per heavy atom. The van der Waals surface area contributed by atoms with Crippen LogP contribution in [0.2, 0.25) is 0 Å². The molecule has 8 nitrogen and oxygen atoms in total. The van der Waals surface area contributed by atoms with E-state index in [9.17, 15) is 13.2 Å². The zero-order chi connectivity index (χ0) is 23.6. The van der Waals surface area contributed by atoms with Crippen molar-refractivity contribution >= 4 is 11.8 Å². The fourth-order valence-electron chi connectivity index (χ4n) is 3.03. The second-order valence-electron chi connectivity index (χ2n) is 7.26. The summed E-state index contributed by atoms with van der Waals surface area (Å²) >= 11 is 1.23. The van der Waals surface area contributed by atoms with Crippen LogP contribution in [0, 0.1) is 13.8 Å². The molecule has 4 rings (SSSR count). The molecule has 2 aromatic carbocycles. The highest BCUT2D eigenvalue weighted by molar-refractivity contribution is 7.98. The Labute approximate surface area is 190 Å². The van der Waals surface area contributed by atoms with Gasteiger partial charge in [0, 0.05) is 5.56 Å². The van der Waals surface area contributed by atoms with Crippen LogP contribution in [0.3, 0.4) is 0 Å². The van der Waals surface area contributed by atoms with Crippen LogP contribution in [0.5, 0.6) is 5.75 Å². The van der Waals surface area contributed by atoms with Crippen LogP contribution in [0.25, 0.3) is 11.4 Å². The number of nitrogen functional groups attached to an aromatic ring is 1. The molecule has 0 unspecified atom stereocenters. The van der Waals surface area contributed by atoms with Gasteiger partial charge in [0.15, 0.2) is 5.82 Å². The van der Waals surface area contributed by atoms with Crippen LogP contribution in [0.1, 0.15) is 28.4 Å². The van der Waals surface area contributed by atoms with Gasteiger partial charge in [-0.1, -0.05) is 35.1 Å². The maximum absolute atomic E-state index is 12.7. The molecule has 12 heteroatoms. The van der Waals surface area contributed by atoms with E-state index < -0.39 is 11.7 Å². The van der Waals surface area contributed by atoms with Crippen molar-refractivity contribution in [3.63, 3.8) is 0 Å². The zero-order valence-corrected chi connectivity index (χ0v) is 18.4. The SMILES string of the molecule is Cc1cc(C)cc(OCc2nnc(SCc3nc(-c4ccc(C(F)(F)F)cc4)no3)n2N)c1. The van der Waals surface area contributed by atoms with E-state index in [0.29, 0.717) is 22.3 Å². The minimum atomic E-state index is -4.40. The number of nitrogens with zero attached hydrogens (tertiary/aromatic N) is 5. The van der Waals surface area contributed by atoms with Crippen molar-refractivity contribution in [1.82, 2.24) is 25.0 Å². The number of aryl methyl sites for hydroxylation is 2. The minimum Gasteiger partial charge on any atom is -0.486 e. The molecular weight excluding hydrogens is 457 g/mol. The standard InChI is InChI=1S/C21H19F3N6O2S/c1-12-7-13(2)9-16(8-12)31-10-17-27-28-20(30(17)25)33-11-18-26-19(29-32-18)14-3-5-15(6-4-14)21(22,23)24/h3-9H,10-11,25H2,1-2H3. The van der Waals surface area contributed by atoms with Gasteiger partial charge in [0.1, 0.15) is 12.4 Å². The van der Waals surface area contributed by atoms with Gasteiger partial charge >= 0.3 is 6.18 Å². The van der Waals surface area contributed by atoms with E-state index in [4.69, 9.17) is 15.1 Å². The van der Waals surface area contributed by atoms with E-state index in [1.165, 1.54) is 28.6 Å². The predicted molar refractivity (Wildman–Crippen MR) is 115 cm³/mol. The lowest BCUT2D eigenvalue weighted by Gasteiger charge is -2.08. The molecule has 2 aromatic heterocycles. The number of ether oxygens (including phenoxy) is 1. The fourth-order valence-corrected chi connectivity index (χ4v) is 3.75. The highest BCUT2D eigenvalue weighted by atomic mass is 32.2. The molecule has 0 aliphatic heterocycles. The normalized spacial score (nSPS) is 11.7. The van der Waals surface area contributed by atoms with Gasteiger partial charge in [0.05, 0.1) is 11.3 Å². The number of aromatic nitrogens is 5. The molecule has 0 saturated carbocycles. The molecule has 2 N–H and O–H groups in total. The van der Waals surface area contributed by atoms with Gasteiger partial charge in [-0.15, -0.1) is 10.2 Å². The molecule has 33 heavy (non-hydrogen) atoms. The summed E-state index contributed by atoms with van der Waals surface area (Å²) in [6, 6.07) is 10.4. The Balaban J connectivity index is 1.36. The summed E-state index contributed by atoms with van der Waals surface area (Å²) in [6.45, 7) is 4.12. The monoisotopic (exact) mass is 476 g/mol. The molecule has 4 aromatic rings. The highest BCUT2D eigenvalue weighted by Crippen LogP contribution is 2.30. The van der Waals surface area contributed by atoms with E-state index in [1.54, 1.807) is 0 Å². The third-order valence-electron chi connectivity index (χ3n) is 4.56. The summed E-state index contributed by atoms with van der Waals surface area (Å²) in [7, 11) is 0. The number of benzene rings is 2. The van der Waals surface area contributed by atoms with Crippen molar-refractivity contribution < 1.29 is 22.4 Å². The topological polar surface area (TPSA) is 105 Å². The first kappa shape index (κ1) is 22.6. The molecule has 0 fully saturated rings. The summed E-state index contributed by atoms with van der Waals surface area (Å²) in [5.41, 5.74) is 1.84. The van der Waals surface area contributed by atoms with Gasteiger partial charge in [-0.25, -0.2) is 4.68 Å². The largest absolute Gasteiger partial charge is 0.486 e. The number of hydrogen-bond acceptors (Lipinski definition) is 8. The number of nitrogens with two attached hydrogens (primary N) is 1. The number of alkyl halides is 3. The molecule has 0 aliphatic carbocycles. The van der Waals surface area contributed by atoms with E-state index in [-0.39, 0.29) is 24.1 Å². The molecule has 172 valence electrons. The second kappa shape index (κ2) is 9.14. The first-order valence-electron chi connectivity index (χ1n) is 9.72. The summed E-state index contributed by atoms with van der Waals surface area (Å²) in [4.78, 5) is 4.21. The minimum absolute atomic E-state index is 0.144.